The molecule has 0 aliphatic carbocycles. The second-order valence-electron chi connectivity index (χ2n) is 5.79. The lowest BCUT2D eigenvalue weighted by molar-refractivity contribution is 0.163. The van der Waals surface area contributed by atoms with E-state index in [-0.39, 0.29) is 0 Å². The predicted molar refractivity (Wildman–Crippen MR) is 76.2 cm³/mol. The highest BCUT2D eigenvalue weighted by molar-refractivity contribution is 5.39. The van der Waals surface area contributed by atoms with Crippen molar-refractivity contribution in [3.05, 3.63) is 17.8 Å². The van der Waals surface area contributed by atoms with Crippen LogP contribution in [0.2, 0.25) is 0 Å². The minimum atomic E-state index is 0.414. The maximum Gasteiger partial charge on any atom is 0.151 e. The molecule has 2 aliphatic rings. The van der Waals surface area contributed by atoms with Gasteiger partial charge in [0.25, 0.3) is 0 Å². The maximum atomic E-state index is 5.97. The van der Waals surface area contributed by atoms with Crippen LogP contribution in [0.25, 0.3) is 0 Å². The van der Waals surface area contributed by atoms with Crippen molar-refractivity contribution in [3.8, 4) is 0 Å². The molecule has 2 aliphatic heterocycles. The van der Waals surface area contributed by atoms with Crippen LogP contribution in [0.4, 0.5) is 5.82 Å². The fourth-order valence-corrected chi connectivity index (χ4v) is 3.09. The van der Waals surface area contributed by atoms with E-state index in [0.717, 1.165) is 50.5 Å². The molecular weight excluding hydrogens is 238 g/mol. The van der Waals surface area contributed by atoms with Crippen molar-refractivity contribution < 1.29 is 0 Å². The number of aromatic nitrogens is 2. The number of likely N-dealkylation sites (tertiary alicyclic amines) is 1. The number of hydrogen-bond acceptors (Lipinski definition) is 5. The summed E-state index contributed by atoms with van der Waals surface area (Å²) in [6.07, 6.45) is 3.51. The number of rotatable bonds is 2. The van der Waals surface area contributed by atoms with Crippen molar-refractivity contribution in [1.82, 2.24) is 15.1 Å². The van der Waals surface area contributed by atoms with Gasteiger partial charge in [0.15, 0.2) is 5.82 Å². The van der Waals surface area contributed by atoms with Crippen molar-refractivity contribution in [2.45, 2.75) is 38.3 Å². The van der Waals surface area contributed by atoms with Crippen molar-refractivity contribution >= 4 is 5.82 Å². The highest BCUT2D eigenvalue weighted by atomic mass is 15.3. The Bertz CT molecular complexity index is 410. The van der Waals surface area contributed by atoms with Gasteiger partial charge in [0.1, 0.15) is 0 Å². The summed E-state index contributed by atoms with van der Waals surface area (Å²) in [6.45, 7) is 6.44. The van der Waals surface area contributed by atoms with E-state index in [1.807, 2.05) is 13.0 Å². The lowest BCUT2D eigenvalue weighted by Gasteiger charge is -2.34. The smallest absolute Gasteiger partial charge is 0.151 e. The SMILES string of the molecule is Cc1ccc(N2CCC(N3CCC(N)CC3)C2)nn1. The highest BCUT2D eigenvalue weighted by Crippen LogP contribution is 2.23. The number of nitrogens with two attached hydrogens (primary N) is 1. The molecule has 0 spiro atoms. The topological polar surface area (TPSA) is 58.3 Å². The molecule has 5 nitrogen and oxygen atoms in total. The Morgan fingerprint density at radius 1 is 1.11 bits per heavy atom. The molecule has 0 saturated carbocycles. The zero-order valence-electron chi connectivity index (χ0n) is 11.6. The standard InChI is InChI=1S/C14H23N5/c1-11-2-3-14(17-16-11)19-9-6-13(10-19)18-7-4-12(15)5-8-18/h2-3,12-13H,4-10,15H2,1H3. The molecule has 0 aromatic carbocycles. The quantitative estimate of drug-likeness (QED) is 0.853. The number of piperidine rings is 1. The Kier molecular flexibility index (Phi) is 3.66. The molecule has 5 heteroatoms. The number of nitrogens with zero attached hydrogens (tertiary/aromatic N) is 4. The van der Waals surface area contributed by atoms with Gasteiger partial charge in [-0.2, -0.15) is 5.10 Å². The van der Waals surface area contributed by atoms with Gasteiger partial charge in [-0.05, 0) is 51.4 Å². The van der Waals surface area contributed by atoms with Crippen LogP contribution in [-0.4, -0.2) is 53.4 Å². The summed E-state index contributed by atoms with van der Waals surface area (Å²) >= 11 is 0. The summed E-state index contributed by atoms with van der Waals surface area (Å²) in [5.74, 6) is 1.02. The molecule has 2 saturated heterocycles. The molecule has 1 atom stereocenters. The summed E-state index contributed by atoms with van der Waals surface area (Å²) in [5.41, 5.74) is 6.95. The Morgan fingerprint density at radius 3 is 2.58 bits per heavy atom. The van der Waals surface area contributed by atoms with E-state index >= 15 is 0 Å². The van der Waals surface area contributed by atoms with Gasteiger partial charge >= 0.3 is 0 Å². The third-order valence-corrected chi connectivity index (χ3v) is 4.36. The Morgan fingerprint density at radius 2 is 1.89 bits per heavy atom. The molecule has 0 bridgehead atoms. The first-order chi connectivity index (χ1) is 9.22. The van der Waals surface area contributed by atoms with Crippen LogP contribution >= 0.6 is 0 Å². The minimum Gasteiger partial charge on any atom is -0.354 e. The zero-order valence-corrected chi connectivity index (χ0v) is 11.6. The van der Waals surface area contributed by atoms with E-state index in [1.165, 1.54) is 6.42 Å². The third-order valence-electron chi connectivity index (χ3n) is 4.36. The number of anilines is 1. The van der Waals surface area contributed by atoms with Gasteiger partial charge in [-0.15, -0.1) is 5.10 Å². The summed E-state index contributed by atoms with van der Waals surface area (Å²) in [7, 11) is 0. The van der Waals surface area contributed by atoms with Gasteiger partial charge in [-0.3, -0.25) is 4.90 Å². The highest BCUT2D eigenvalue weighted by Gasteiger charge is 2.30. The largest absolute Gasteiger partial charge is 0.354 e. The predicted octanol–water partition coefficient (Wildman–Crippen LogP) is 0.787. The monoisotopic (exact) mass is 261 g/mol. The average molecular weight is 261 g/mol. The second-order valence-corrected chi connectivity index (χ2v) is 5.79. The first-order valence-corrected chi connectivity index (χ1v) is 7.27. The lowest BCUT2D eigenvalue weighted by atomic mass is 10.0. The Balaban J connectivity index is 1.59. The zero-order chi connectivity index (χ0) is 13.2. The van der Waals surface area contributed by atoms with Crippen molar-refractivity contribution in [2.75, 3.05) is 31.1 Å². The summed E-state index contributed by atoms with van der Waals surface area (Å²) in [6, 6.07) is 5.19. The molecule has 3 heterocycles. The van der Waals surface area contributed by atoms with Gasteiger partial charge in [-0.25, -0.2) is 0 Å². The first-order valence-electron chi connectivity index (χ1n) is 7.27. The molecule has 1 unspecified atom stereocenters. The van der Waals surface area contributed by atoms with E-state index in [1.54, 1.807) is 0 Å². The molecule has 19 heavy (non-hydrogen) atoms. The van der Waals surface area contributed by atoms with Gasteiger partial charge in [0.2, 0.25) is 0 Å². The van der Waals surface area contributed by atoms with Gasteiger partial charge in [0, 0.05) is 25.2 Å². The fraction of sp³-hybridized carbons (Fsp3) is 0.714. The van der Waals surface area contributed by atoms with Gasteiger partial charge in [-0.1, -0.05) is 0 Å². The van der Waals surface area contributed by atoms with Crippen LogP contribution in [0.5, 0.6) is 0 Å². The average Bonchev–Trinajstić information content (AvgIpc) is 2.90. The molecule has 2 N–H and O–H groups in total. The van der Waals surface area contributed by atoms with Gasteiger partial charge in [0.05, 0.1) is 5.69 Å². The summed E-state index contributed by atoms with van der Waals surface area (Å²) in [4.78, 5) is 4.95. The van der Waals surface area contributed by atoms with Crippen LogP contribution < -0.4 is 10.6 Å². The maximum absolute atomic E-state index is 5.97. The molecule has 0 amide bonds. The molecule has 3 rings (SSSR count). The summed E-state index contributed by atoms with van der Waals surface area (Å²) < 4.78 is 0. The van der Waals surface area contributed by atoms with Crippen molar-refractivity contribution in [1.29, 1.82) is 0 Å². The van der Waals surface area contributed by atoms with Crippen LogP contribution in [0.15, 0.2) is 12.1 Å². The van der Waals surface area contributed by atoms with Crippen LogP contribution in [-0.2, 0) is 0 Å². The van der Waals surface area contributed by atoms with E-state index in [9.17, 15) is 0 Å². The third kappa shape index (κ3) is 2.87. The van der Waals surface area contributed by atoms with E-state index in [0.29, 0.717) is 12.1 Å². The molecule has 0 radical (unpaired) electrons. The Labute approximate surface area is 114 Å². The fourth-order valence-electron chi connectivity index (χ4n) is 3.09. The van der Waals surface area contributed by atoms with Crippen LogP contribution in [0, 0.1) is 6.92 Å². The minimum absolute atomic E-state index is 0.414. The molecular formula is C14H23N5. The molecule has 2 fully saturated rings. The first kappa shape index (κ1) is 12.8. The summed E-state index contributed by atoms with van der Waals surface area (Å²) in [5, 5.41) is 8.44. The second kappa shape index (κ2) is 5.43. The number of aryl methyl sites for hydroxylation is 1. The molecule has 1 aromatic rings. The van der Waals surface area contributed by atoms with E-state index in [2.05, 4.69) is 26.1 Å². The van der Waals surface area contributed by atoms with Gasteiger partial charge < -0.3 is 10.6 Å². The van der Waals surface area contributed by atoms with E-state index in [4.69, 9.17) is 5.73 Å². The molecule has 1 aromatic heterocycles. The Hall–Kier alpha value is -1.20. The van der Waals surface area contributed by atoms with Crippen LogP contribution in [0.1, 0.15) is 25.0 Å². The normalized spacial score (nSPS) is 26.0. The van der Waals surface area contributed by atoms with Crippen LogP contribution in [0.3, 0.4) is 0 Å². The van der Waals surface area contributed by atoms with Crippen molar-refractivity contribution in [3.63, 3.8) is 0 Å². The lowest BCUT2D eigenvalue weighted by Crippen LogP contribution is -2.46. The number of hydrogen-bond donors (Lipinski definition) is 1. The molecule has 104 valence electrons. The van der Waals surface area contributed by atoms with E-state index < -0.39 is 0 Å². The van der Waals surface area contributed by atoms with Crippen molar-refractivity contribution in [2.24, 2.45) is 5.73 Å².